The van der Waals surface area contributed by atoms with Crippen LogP contribution in [0.3, 0.4) is 0 Å². The molecule has 6 nitrogen and oxygen atoms in total. The van der Waals surface area contributed by atoms with Crippen LogP contribution in [0.4, 0.5) is 18.0 Å². The molecule has 26 heavy (non-hydrogen) atoms. The molecule has 0 aliphatic heterocycles. The summed E-state index contributed by atoms with van der Waals surface area (Å²) in [5, 5.41) is 10.9. The number of nitrogens with two attached hydrogens (primary N) is 1. The van der Waals surface area contributed by atoms with E-state index in [2.05, 4.69) is 17.4 Å². The summed E-state index contributed by atoms with van der Waals surface area (Å²) in [6, 6.07) is -0.320. The Bertz CT molecular complexity index is 642. The minimum Gasteiger partial charge on any atom is -0.504 e. The highest BCUT2D eigenvalue weighted by Gasteiger charge is 2.36. The monoisotopic (exact) mass is 376 g/mol. The zero-order valence-electron chi connectivity index (χ0n) is 14.7. The van der Waals surface area contributed by atoms with Crippen molar-refractivity contribution in [3.8, 4) is 11.5 Å². The van der Waals surface area contributed by atoms with E-state index in [4.69, 9.17) is 0 Å². The summed E-state index contributed by atoms with van der Waals surface area (Å²) in [7, 11) is 1.05. The highest BCUT2D eigenvalue weighted by molar-refractivity contribution is 6.05. The first-order valence-corrected chi connectivity index (χ1v) is 8.15. The predicted molar refractivity (Wildman–Crippen MR) is 89.0 cm³/mol. The lowest BCUT2D eigenvalue weighted by Crippen LogP contribution is -2.36. The lowest BCUT2D eigenvalue weighted by atomic mass is 9.91. The van der Waals surface area contributed by atoms with Gasteiger partial charge in [0.2, 0.25) is 0 Å². The number of halogens is 3. The Morgan fingerprint density at radius 2 is 1.81 bits per heavy atom. The fraction of sp³-hybridized carbons (Fsp3) is 0.529. The molecule has 1 aliphatic carbocycles. The molecule has 0 aromatic heterocycles. The van der Waals surface area contributed by atoms with E-state index in [1.807, 2.05) is 0 Å². The van der Waals surface area contributed by atoms with Crippen molar-refractivity contribution in [3.63, 3.8) is 0 Å². The van der Waals surface area contributed by atoms with Crippen LogP contribution in [0.15, 0.2) is 12.1 Å². The van der Waals surface area contributed by atoms with Crippen LogP contribution >= 0.6 is 0 Å². The lowest BCUT2D eigenvalue weighted by molar-refractivity contribution is -0.138. The van der Waals surface area contributed by atoms with Gasteiger partial charge in [-0.15, -0.1) is 0 Å². The van der Waals surface area contributed by atoms with Gasteiger partial charge >= 0.3 is 12.2 Å². The third-order valence-electron chi connectivity index (χ3n) is 4.00. The number of amides is 3. The summed E-state index contributed by atoms with van der Waals surface area (Å²) >= 11 is 0. The van der Waals surface area contributed by atoms with Gasteiger partial charge in [0.25, 0.3) is 5.91 Å². The Balaban J connectivity index is 0.000000401. The van der Waals surface area contributed by atoms with Gasteiger partial charge in [-0.05, 0) is 18.1 Å². The fourth-order valence-corrected chi connectivity index (χ4v) is 2.64. The Morgan fingerprint density at radius 3 is 2.19 bits per heavy atom. The number of imide groups is 1. The molecule has 2 rings (SSSR count). The van der Waals surface area contributed by atoms with Crippen molar-refractivity contribution in [2.45, 2.75) is 45.2 Å². The molecule has 1 aromatic carbocycles. The first-order chi connectivity index (χ1) is 12.1. The summed E-state index contributed by atoms with van der Waals surface area (Å²) < 4.78 is 42.8. The first kappa shape index (κ1) is 21.6. The maximum absolute atomic E-state index is 12.8. The van der Waals surface area contributed by atoms with Gasteiger partial charge in [-0.1, -0.05) is 39.0 Å². The number of methoxy groups -OCH3 is 1. The van der Waals surface area contributed by atoms with E-state index < -0.39 is 40.7 Å². The van der Waals surface area contributed by atoms with Crippen molar-refractivity contribution >= 4 is 11.9 Å². The molecule has 0 unspecified atom stereocenters. The van der Waals surface area contributed by atoms with Crippen LogP contribution in [-0.4, -0.2) is 24.2 Å². The number of aromatic hydroxyl groups is 1. The maximum Gasteiger partial charge on any atom is 0.417 e. The normalized spacial score (nSPS) is 14.8. The van der Waals surface area contributed by atoms with Crippen LogP contribution in [0.5, 0.6) is 11.5 Å². The van der Waals surface area contributed by atoms with Gasteiger partial charge in [-0.3, -0.25) is 10.1 Å². The van der Waals surface area contributed by atoms with E-state index in [9.17, 15) is 27.9 Å². The minimum absolute atomic E-state index is 0.450. The Kier molecular flexibility index (Phi) is 7.73. The number of benzene rings is 1. The molecular formula is C17H23F3N2O4. The molecule has 0 atom stereocenters. The van der Waals surface area contributed by atoms with Crippen molar-refractivity contribution in [2.24, 2.45) is 11.7 Å². The second-order valence-electron chi connectivity index (χ2n) is 6.13. The first-order valence-electron chi connectivity index (χ1n) is 8.15. The average Bonchev–Trinajstić information content (AvgIpc) is 2.54. The summed E-state index contributed by atoms with van der Waals surface area (Å²) in [6.07, 6.45) is 2.57. The number of nitrogens with one attached hydrogen (secondary N) is 1. The van der Waals surface area contributed by atoms with Crippen molar-refractivity contribution in [1.82, 2.24) is 5.32 Å². The van der Waals surface area contributed by atoms with E-state index >= 15 is 0 Å². The molecule has 0 spiro atoms. The van der Waals surface area contributed by atoms with Crippen LogP contribution in [0.2, 0.25) is 0 Å². The van der Waals surface area contributed by atoms with Crippen LogP contribution < -0.4 is 15.8 Å². The predicted octanol–water partition coefficient (Wildman–Crippen LogP) is 3.81. The van der Waals surface area contributed by atoms with Gasteiger partial charge in [-0.2, -0.15) is 13.2 Å². The minimum atomic E-state index is -4.87. The molecule has 3 amide bonds. The van der Waals surface area contributed by atoms with Gasteiger partial charge in [0, 0.05) is 0 Å². The number of hydrogen-bond donors (Lipinski definition) is 3. The van der Waals surface area contributed by atoms with Crippen LogP contribution in [-0.2, 0) is 6.18 Å². The van der Waals surface area contributed by atoms with Gasteiger partial charge in [-0.25, -0.2) is 4.79 Å². The second-order valence-corrected chi connectivity index (χ2v) is 6.13. The molecule has 0 bridgehead atoms. The summed E-state index contributed by atoms with van der Waals surface area (Å²) in [6.45, 7) is 2.36. The van der Waals surface area contributed by atoms with E-state index in [0.717, 1.165) is 13.0 Å². The van der Waals surface area contributed by atoms with Crippen LogP contribution in [0.25, 0.3) is 0 Å². The van der Waals surface area contributed by atoms with E-state index in [0.29, 0.717) is 12.1 Å². The average molecular weight is 376 g/mol. The third kappa shape index (κ3) is 6.45. The molecule has 9 heteroatoms. The second kappa shape index (κ2) is 9.30. The molecule has 1 aliphatic rings. The zero-order chi connectivity index (χ0) is 19.9. The molecule has 1 aromatic rings. The fourth-order valence-electron chi connectivity index (χ4n) is 2.64. The number of urea groups is 1. The van der Waals surface area contributed by atoms with Gasteiger partial charge in [0.1, 0.15) is 0 Å². The quantitative estimate of drug-likeness (QED) is 0.730. The smallest absolute Gasteiger partial charge is 0.417 e. The van der Waals surface area contributed by atoms with Crippen LogP contribution in [0, 0.1) is 5.92 Å². The molecule has 0 saturated heterocycles. The highest BCUT2D eigenvalue weighted by Crippen LogP contribution is 2.38. The standard InChI is InChI=1S/C10H9F3N2O4.C7H14/c1-19-7-3-5(10(11,12)13)4(2-6(7)16)8(17)15-9(14)18;1-7-5-3-2-4-6-7/h2-3,16H,1H3,(H3,14,15,17,18);7H,2-6H2,1H3. The molecule has 4 N–H and O–H groups in total. The maximum atomic E-state index is 12.8. The van der Waals surface area contributed by atoms with Crippen molar-refractivity contribution < 1.29 is 32.6 Å². The number of carbonyl (C=O) groups is 2. The van der Waals surface area contributed by atoms with E-state index in [1.165, 1.54) is 37.4 Å². The van der Waals surface area contributed by atoms with E-state index in [1.54, 1.807) is 0 Å². The largest absolute Gasteiger partial charge is 0.504 e. The number of phenols is 1. The third-order valence-corrected chi connectivity index (χ3v) is 4.00. The van der Waals surface area contributed by atoms with Crippen molar-refractivity contribution in [1.29, 1.82) is 0 Å². The van der Waals surface area contributed by atoms with E-state index in [-0.39, 0.29) is 0 Å². The number of ether oxygens (including phenoxy) is 1. The molecule has 0 heterocycles. The van der Waals surface area contributed by atoms with Gasteiger partial charge in [0.05, 0.1) is 18.2 Å². The SMILES string of the molecule is CC1CCCCC1.COc1cc(C(F)(F)F)c(C(=O)NC(N)=O)cc1O. The summed E-state index contributed by atoms with van der Waals surface area (Å²) in [5.41, 5.74) is 2.34. The van der Waals surface area contributed by atoms with Crippen molar-refractivity contribution in [3.05, 3.63) is 23.3 Å². The highest BCUT2D eigenvalue weighted by atomic mass is 19.4. The van der Waals surface area contributed by atoms with Gasteiger partial charge in [0.15, 0.2) is 11.5 Å². The topological polar surface area (TPSA) is 102 Å². The molecular weight excluding hydrogens is 353 g/mol. The number of hydrogen-bond acceptors (Lipinski definition) is 4. The summed E-state index contributed by atoms with van der Waals surface area (Å²) in [4.78, 5) is 21.9. The molecule has 0 radical (unpaired) electrons. The molecule has 146 valence electrons. The van der Waals surface area contributed by atoms with Crippen LogP contribution in [0.1, 0.15) is 54.9 Å². The Hall–Kier alpha value is -2.45. The zero-order valence-corrected chi connectivity index (χ0v) is 14.7. The lowest BCUT2D eigenvalue weighted by Gasteiger charge is -2.15. The number of carbonyl (C=O) groups excluding carboxylic acids is 2. The number of primary amides is 1. The Labute approximate surface area is 149 Å². The number of rotatable bonds is 2. The van der Waals surface area contributed by atoms with Gasteiger partial charge < -0.3 is 15.6 Å². The molecule has 1 fully saturated rings. The molecule has 1 saturated carbocycles. The Morgan fingerprint density at radius 1 is 1.23 bits per heavy atom. The number of phenolic OH excluding ortho intramolecular Hbond substituents is 1. The summed E-state index contributed by atoms with van der Waals surface area (Å²) in [5.74, 6) is -1.47. The number of alkyl halides is 3. The van der Waals surface area contributed by atoms with Crippen molar-refractivity contribution in [2.75, 3.05) is 7.11 Å².